The van der Waals surface area contributed by atoms with Crippen molar-refractivity contribution < 1.29 is 4.39 Å². The number of rotatable bonds is 3. The molecule has 0 aliphatic carbocycles. The van der Waals surface area contributed by atoms with E-state index in [1.54, 1.807) is 13.0 Å². The summed E-state index contributed by atoms with van der Waals surface area (Å²) in [5, 5.41) is 15.6. The van der Waals surface area contributed by atoms with Gasteiger partial charge in [0.05, 0.1) is 11.6 Å². The molecule has 0 saturated carbocycles. The summed E-state index contributed by atoms with van der Waals surface area (Å²) in [6, 6.07) is 11.2. The average Bonchev–Trinajstić information content (AvgIpc) is 2.97. The molecule has 0 aromatic heterocycles. The number of nitrogens with one attached hydrogen (secondary N) is 2. The summed E-state index contributed by atoms with van der Waals surface area (Å²) >= 11 is 0. The van der Waals surface area contributed by atoms with Crippen LogP contribution in [0.5, 0.6) is 0 Å². The topological polar surface area (TPSA) is 47.9 Å². The van der Waals surface area contributed by atoms with Crippen LogP contribution >= 0.6 is 0 Å². The molecule has 2 N–H and O–H groups in total. The van der Waals surface area contributed by atoms with Crippen LogP contribution in [0.1, 0.15) is 22.3 Å². The van der Waals surface area contributed by atoms with Crippen molar-refractivity contribution in [2.45, 2.75) is 19.9 Å². The third-order valence-electron chi connectivity index (χ3n) is 3.88. The van der Waals surface area contributed by atoms with Gasteiger partial charge in [0.2, 0.25) is 0 Å². The summed E-state index contributed by atoms with van der Waals surface area (Å²) < 4.78 is 13.8. The molecule has 21 heavy (non-hydrogen) atoms. The number of anilines is 2. The molecule has 4 heteroatoms. The molecule has 106 valence electrons. The molecular formula is C17H16FN3. The lowest BCUT2D eigenvalue weighted by Gasteiger charge is -2.13. The van der Waals surface area contributed by atoms with Gasteiger partial charge in [-0.1, -0.05) is 18.2 Å². The highest BCUT2D eigenvalue weighted by atomic mass is 19.1. The molecule has 0 spiro atoms. The summed E-state index contributed by atoms with van der Waals surface area (Å²) in [6.45, 7) is 3.28. The minimum atomic E-state index is -0.354. The van der Waals surface area contributed by atoms with E-state index >= 15 is 0 Å². The zero-order valence-corrected chi connectivity index (χ0v) is 11.8. The third kappa shape index (κ3) is 2.55. The molecule has 0 bridgehead atoms. The van der Waals surface area contributed by atoms with Gasteiger partial charge in [-0.25, -0.2) is 4.39 Å². The summed E-state index contributed by atoms with van der Waals surface area (Å²) in [5.41, 5.74) is 5.20. The van der Waals surface area contributed by atoms with Crippen molar-refractivity contribution in [2.24, 2.45) is 0 Å². The molecule has 0 fully saturated rings. The summed E-state index contributed by atoms with van der Waals surface area (Å²) in [5.74, 6) is -0.354. The quantitative estimate of drug-likeness (QED) is 0.904. The minimum Gasteiger partial charge on any atom is -0.384 e. The number of fused-ring (bicyclic) bond motifs is 1. The minimum absolute atomic E-state index is 0.331. The predicted molar refractivity (Wildman–Crippen MR) is 81.8 cm³/mol. The Bertz CT molecular complexity index is 732. The number of hydrogen-bond donors (Lipinski definition) is 2. The van der Waals surface area contributed by atoms with Crippen molar-refractivity contribution in [3.63, 3.8) is 0 Å². The Kier molecular flexibility index (Phi) is 3.49. The largest absolute Gasteiger partial charge is 0.384 e. The fourth-order valence-corrected chi connectivity index (χ4v) is 2.68. The van der Waals surface area contributed by atoms with Crippen LogP contribution in [0.2, 0.25) is 0 Å². The van der Waals surface area contributed by atoms with E-state index in [1.165, 1.54) is 17.3 Å². The molecule has 0 saturated heterocycles. The Morgan fingerprint density at radius 2 is 2.24 bits per heavy atom. The van der Waals surface area contributed by atoms with Gasteiger partial charge in [-0.2, -0.15) is 5.26 Å². The summed E-state index contributed by atoms with van der Waals surface area (Å²) in [7, 11) is 0. The maximum absolute atomic E-state index is 13.8. The highest BCUT2D eigenvalue weighted by Crippen LogP contribution is 2.28. The smallest absolute Gasteiger partial charge is 0.129 e. The van der Waals surface area contributed by atoms with Gasteiger partial charge in [0, 0.05) is 30.0 Å². The first kappa shape index (κ1) is 13.4. The molecule has 1 aliphatic heterocycles. The Hall–Kier alpha value is -2.54. The lowest BCUT2D eigenvalue weighted by molar-refractivity contribution is 0.618. The first-order valence-corrected chi connectivity index (χ1v) is 6.98. The summed E-state index contributed by atoms with van der Waals surface area (Å²) in [6.07, 6.45) is 1.04. The molecule has 0 amide bonds. The molecule has 1 heterocycles. The van der Waals surface area contributed by atoms with Crippen molar-refractivity contribution in [2.75, 3.05) is 17.2 Å². The normalized spacial score (nSPS) is 12.4. The lowest BCUT2D eigenvalue weighted by atomic mass is 10.1. The Morgan fingerprint density at radius 1 is 1.38 bits per heavy atom. The second-order valence-corrected chi connectivity index (χ2v) is 5.22. The van der Waals surface area contributed by atoms with Gasteiger partial charge in [-0.3, -0.25) is 0 Å². The van der Waals surface area contributed by atoms with Gasteiger partial charge in [0.15, 0.2) is 0 Å². The second-order valence-electron chi connectivity index (χ2n) is 5.22. The van der Waals surface area contributed by atoms with Crippen LogP contribution < -0.4 is 10.6 Å². The Morgan fingerprint density at radius 3 is 3.05 bits per heavy atom. The fraction of sp³-hybridized carbons (Fsp3) is 0.235. The molecule has 2 aromatic carbocycles. The van der Waals surface area contributed by atoms with E-state index in [1.807, 2.05) is 12.1 Å². The van der Waals surface area contributed by atoms with Crippen LogP contribution in [-0.4, -0.2) is 6.54 Å². The molecule has 2 aromatic rings. The molecule has 3 rings (SSSR count). The van der Waals surface area contributed by atoms with E-state index < -0.39 is 0 Å². The zero-order chi connectivity index (χ0) is 14.8. The number of halogens is 1. The van der Waals surface area contributed by atoms with E-state index in [-0.39, 0.29) is 5.82 Å². The van der Waals surface area contributed by atoms with Crippen LogP contribution in [0.4, 0.5) is 15.8 Å². The molecule has 3 nitrogen and oxygen atoms in total. The van der Waals surface area contributed by atoms with Crippen LogP contribution in [0, 0.1) is 24.1 Å². The van der Waals surface area contributed by atoms with Crippen molar-refractivity contribution in [3.05, 3.63) is 58.4 Å². The van der Waals surface area contributed by atoms with E-state index in [2.05, 4.69) is 22.8 Å². The van der Waals surface area contributed by atoms with E-state index in [0.717, 1.165) is 18.5 Å². The van der Waals surface area contributed by atoms with Crippen molar-refractivity contribution >= 4 is 11.4 Å². The van der Waals surface area contributed by atoms with Gasteiger partial charge in [-0.15, -0.1) is 0 Å². The average molecular weight is 281 g/mol. The monoisotopic (exact) mass is 281 g/mol. The fourth-order valence-electron chi connectivity index (χ4n) is 2.68. The van der Waals surface area contributed by atoms with Crippen molar-refractivity contribution in [1.29, 1.82) is 5.26 Å². The molecule has 0 radical (unpaired) electrons. The number of nitrogens with zero attached hydrogens (tertiary/aromatic N) is 1. The molecule has 0 atom stereocenters. The zero-order valence-electron chi connectivity index (χ0n) is 11.8. The SMILES string of the molecule is Cc1c(F)cc(C#N)cc1NCc1cccc2c1NCC2. The number of benzene rings is 2. The first-order chi connectivity index (χ1) is 10.2. The molecule has 1 aliphatic rings. The van der Waals surface area contributed by atoms with Crippen molar-refractivity contribution in [1.82, 2.24) is 0 Å². The van der Waals surface area contributed by atoms with E-state index in [4.69, 9.17) is 5.26 Å². The van der Waals surface area contributed by atoms with Crippen molar-refractivity contribution in [3.8, 4) is 6.07 Å². The lowest BCUT2D eigenvalue weighted by Crippen LogP contribution is -2.05. The highest BCUT2D eigenvalue weighted by Gasteiger charge is 2.14. The van der Waals surface area contributed by atoms with Crippen LogP contribution in [0.3, 0.4) is 0 Å². The van der Waals surface area contributed by atoms with Crippen LogP contribution in [-0.2, 0) is 13.0 Å². The van der Waals surface area contributed by atoms with Crippen LogP contribution in [0.25, 0.3) is 0 Å². The van der Waals surface area contributed by atoms with Gasteiger partial charge in [0.25, 0.3) is 0 Å². The third-order valence-corrected chi connectivity index (χ3v) is 3.88. The first-order valence-electron chi connectivity index (χ1n) is 6.98. The van der Waals surface area contributed by atoms with E-state index in [9.17, 15) is 4.39 Å². The van der Waals surface area contributed by atoms with E-state index in [0.29, 0.717) is 23.4 Å². The van der Waals surface area contributed by atoms with Gasteiger partial charge in [0.1, 0.15) is 5.82 Å². The Balaban J connectivity index is 1.85. The van der Waals surface area contributed by atoms with Gasteiger partial charge < -0.3 is 10.6 Å². The number of nitriles is 1. The molecular weight excluding hydrogens is 265 g/mol. The maximum atomic E-state index is 13.8. The maximum Gasteiger partial charge on any atom is 0.129 e. The standard InChI is InChI=1S/C17H16FN3/c1-11-15(18)7-12(9-19)8-16(11)21-10-14-4-2-3-13-5-6-20-17(13)14/h2-4,7-8,20-21H,5-6,10H2,1H3. The summed E-state index contributed by atoms with van der Waals surface area (Å²) in [4.78, 5) is 0. The number of para-hydroxylation sites is 1. The Labute approximate surface area is 123 Å². The van der Waals surface area contributed by atoms with Crippen LogP contribution in [0.15, 0.2) is 30.3 Å². The van der Waals surface area contributed by atoms with Gasteiger partial charge >= 0.3 is 0 Å². The second kappa shape index (κ2) is 5.45. The highest BCUT2D eigenvalue weighted by molar-refractivity contribution is 5.63. The number of hydrogen-bond acceptors (Lipinski definition) is 3. The van der Waals surface area contributed by atoms with Gasteiger partial charge in [-0.05, 0) is 36.6 Å². The predicted octanol–water partition coefficient (Wildman–Crippen LogP) is 3.59. The molecule has 0 unspecified atom stereocenters.